The highest BCUT2D eigenvalue weighted by Gasteiger charge is 2.29. The number of nitrogens with two attached hydrogens (primary N) is 1. The lowest BCUT2D eigenvalue weighted by molar-refractivity contribution is 0.380. The molecule has 5 N–H and O–H groups in total. The number of thioether (sulfide) groups is 1. The summed E-state index contributed by atoms with van der Waals surface area (Å²) in [4.78, 5) is 0.957. The Kier molecular flexibility index (Phi) is 14.3. The summed E-state index contributed by atoms with van der Waals surface area (Å²) in [7, 11) is 0. The first-order valence-corrected chi connectivity index (χ1v) is 12.8. The molecule has 3 rings (SSSR count). The summed E-state index contributed by atoms with van der Waals surface area (Å²) in [6.07, 6.45) is 7.26. The third-order valence-electron chi connectivity index (χ3n) is 6.00. The van der Waals surface area contributed by atoms with E-state index in [1.165, 1.54) is 12.8 Å². The average Bonchev–Trinajstić information content (AvgIpc) is 2.75. The number of aromatic hydroxyl groups is 2. The Labute approximate surface area is 223 Å². The first-order chi connectivity index (χ1) is 15.0. The number of phenolic OH excluding ortho intramolecular Hbond substituents is 2. The maximum atomic E-state index is 10.2. The summed E-state index contributed by atoms with van der Waals surface area (Å²) >= 11 is 14.1. The number of unbranched alkanes of at least 4 members (excludes halogenated alkanes) is 3. The smallest absolute Gasteiger partial charge is 0.160 e. The van der Waals surface area contributed by atoms with Gasteiger partial charge in [0.25, 0.3) is 0 Å². The monoisotopic (exact) mass is 554 g/mol. The van der Waals surface area contributed by atoms with Gasteiger partial charge in [-0.05, 0) is 61.9 Å². The van der Waals surface area contributed by atoms with Gasteiger partial charge < -0.3 is 21.3 Å². The van der Waals surface area contributed by atoms with E-state index in [-0.39, 0.29) is 48.3 Å². The third kappa shape index (κ3) is 8.57. The van der Waals surface area contributed by atoms with Crippen molar-refractivity contribution in [2.24, 2.45) is 5.73 Å². The third-order valence-corrected chi connectivity index (χ3v) is 8.00. The van der Waals surface area contributed by atoms with Gasteiger partial charge in [0.1, 0.15) is 0 Å². The molecule has 0 saturated heterocycles. The van der Waals surface area contributed by atoms with E-state index in [0.29, 0.717) is 10.0 Å². The number of benzene rings is 2. The Balaban J connectivity index is 0.00000272. The van der Waals surface area contributed by atoms with Crippen molar-refractivity contribution in [3.63, 3.8) is 0 Å². The molecule has 33 heavy (non-hydrogen) atoms. The van der Waals surface area contributed by atoms with Gasteiger partial charge in [0.2, 0.25) is 0 Å². The lowest BCUT2D eigenvalue weighted by Gasteiger charge is -2.32. The highest BCUT2D eigenvalue weighted by atomic mass is 35.5. The molecule has 0 aromatic heterocycles. The van der Waals surface area contributed by atoms with Gasteiger partial charge >= 0.3 is 0 Å². The van der Waals surface area contributed by atoms with Gasteiger partial charge in [-0.3, -0.25) is 0 Å². The number of rotatable bonds is 11. The predicted molar refractivity (Wildman–Crippen MR) is 146 cm³/mol. The molecule has 0 spiro atoms. The summed E-state index contributed by atoms with van der Waals surface area (Å²) in [6.45, 7) is 1.94. The number of hydrogen-bond donors (Lipinski definition) is 4. The van der Waals surface area contributed by atoms with Gasteiger partial charge in [-0.25, -0.2) is 0 Å². The van der Waals surface area contributed by atoms with Crippen LogP contribution < -0.4 is 11.1 Å². The SMILES string of the molecule is Cl.Cl.NC1CCc2c(ccc(O)c2O)C1CCCCCCNCCSc1c(Cl)cccc1Cl. The minimum atomic E-state index is -0.0335. The van der Waals surface area contributed by atoms with Gasteiger partial charge in [0.15, 0.2) is 11.5 Å². The molecule has 0 radical (unpaired) electrons. The van der Waals surface area contributed by atoms with Gasteiger partial charge in [-0.15, -0.1) is 36.6 Å². The number of hydrogen-bond acceptors (Lipinski definition) is 5. The van der Waals surface area contributed by atoms with E-state index in [1.54, 1.807) is 17.8 Å². The number of fused-ring (bicyclic) bond motifs is 1. The van der Waals surface area contributed by atoms with E-state index >= 15 is 0 Å². The molecule has 1 aliphatic rings. The zero-order valence-corrected chi connectivity index (χ0v) is 22.5. The van der Waals surface area contributed by atoms with Gasteiger partial charge in [0, 0.05) is 28.8 Å². The summed E-state index contributed by atoms with van der Waals surface area (Å²) in [6, 6.07) is 9.25. The van der Waals surface area contributed by atoms with Crippen LogP contribution in [0.4, 0.5) is 0 Å². The second-order valence-corrected chi connectivity index (χ2v) is 10.1. The van der Waals surface area contributed by atoms with E-state index in [9.17, 15) is 10.2 Å². The predicted octanol–water partition coefficient (Wildman–Crippen LogP) is 6.94. The van der Waals surface area contributed by atoms with Crippen molar-refractivity contribution >= 4 is 59.8 Å². The minimum absolute atomic E-state index is 0. The first kappa shape index (κ1) is 30.5. The van der Waals surface area contributed by atoms with E-state index in [1.807, 2.05) is 24.3 Å². The maximum absolute atomic E-state index is 10.2. The fraction of sp³-hybridized carbons (Fsp3) is 0.500. The minimum Gasteiger partial charge on any atom is -0.504 e. The molecule has 9 heteroatoms. The van der Waals surface area contributed by atoms with Crippen LogP contribution in [0.25, 0.3) is 0 Å². The largest absolute Gasteiger partial charge is 0.504 e. The van der Waals surface area contributed by atoms with Gasteiger partial charge in [0.05, 0.1) is 10.0 Å². The van der Waals surface area contributed by atoms with Gasteiger partial charge in [-0.1, -0.05) is 54.6 Å². The molecule has 0 amide bonds. The zero-order chi connectivity index (χ0) is 22.2. The molecular weight excluding hydrogens is 522 g/mol. The molecule has 0 heterocycles. The Bertz CT molecular complexity index is 852. The standard InChI is InChI=1S/C24H32Cl2N2O2S.2ClH/c25-19-7-5-8-20(26)24(19)31-15-14-28-13-4-2-1-3-6-17-16-10-12-22(29)23(30)18(16)9-11-21(17)27;;/h5,7-8,10,12,17,21,28-30H,1-4,6,9,11,13-15,27H2;2*1H. The second-order valence-electron chi connectivity index (χ2n) is 8.16. The summed E-state index contributed by atoms with van der Waals surface area (Å²) in [5.74, 6) is 1.21. The summed E-state index contributed by atoms with van der Waals surface area (Å²) < 4.78 is 0. The fourth-order valence-corrected chi connectivity index (χ4v) is 5.89. The molecule has 0 aliphatic heterocycles. The van der Waals surface area contributed by atoms with Crippen LogP contribution in [-0.2, 0) is 6.42 Å². The van der Waals surface area contributed by atoms with E-state index in [4.69, 9.17) is 28.9 Å². The molecule has 4 nitrogen and oxygen atoms in total. The summed E-state index contributed by atoms with van der Waals surface area (Å²) in [5, 5.41) is 24.8. The molecule has 0 bridgehead atoms. The number of halogens is 4. The molecule has 186 valence electrons. The van der Waals surface area contributed by atoms with Crippen LogP contribution in [0.1, 0.15) is 55.6 Å². The van der Waals surface area contributed by atoms with Gasteiger partial charge in [-0.2, -0.15) is 0 Å². The van der Waals surface area contributed by atoms with Crippen molar-refractivity contribution in [3.05, 3.63) is 51.5 Å². The Morgan fingerprint density at radius 2 is 1.67 bits per heavy atom. The zero-order valence-electron chi connectivity index (χ0n) is 18.6. The lowest BCUT2D eigenvalue weighted by atomic mass is 9.76. The highest BCUT2D eigenvalue weighted by molar-refractivity contribution is 7.99. The normalized spacial score (nSPS) is 17.1. The Morgan fingerprint density at radius 3 is 2.39 bits per heavy atom. The Hall–Kier alpha value is -0.530. The van der Waals surface area contributed by atoms with Crippen LogP contribution >= 0.6 is 59.8 Å². The van der Waals surface area contributed by atoms with Crippen molar-refractivity contribution in [1.29, 1.82) is 0 Å². The fourth-order valence-electron chi connectivity index (χ4n) is 4.30. The average molecular weight is 556 g/mol. The van der Waals surface area contributed by atoms with Crippen molar-refractivity contribution in [2.45, 2.75) is 61.8 Å². The van der Waals surface area contributed by atoms with Crippen LogP contribution in [0.2, 0.25) is 10.0 Å². The van der Waals surface area contributed by atoms with Crippen molar-refractivity contribution < 1.29 is 10.2 Å². The van der Waals surface area contributed by atoms with Crippen molar-refractivity contribution in [1.82, 2.24) is 5.32 Å². The summed E-state index contributed by atoms with van der Waals surface area (Å²) in [5.41, 5.74) is 8.38. The van der Waals surface area contributed by atoms with Crippen LogP contribution in [0, 0.1) is 0 Å². The van der Waals surface area contributed by atoms with Crippen LogP contribution in [0.3, 0.4) is 0 Å². The Morgan fingerprint density at radius 1 is 0.970 bits per heavy atom. The van der Waals surface area contributed by atoms with Crippen molar-refractivity contribution in [2.75, 3.05) is 18.8 Å². The molecule has 2 unspecified atom stereocenters. The van der Waals surface area contributed by atoms with Crippen LogP contribution in [0.5, 0.6) is 11.5 Å². The maximum Gasteiger partial charge on any atom is 0.160 e. The molecule has 2 aromatic carbocycles. The number of phenols is 2. The quantitative estimate of drug-likeness (QED) is 0.137. The lowest BCUT2D eigenvalue weighted by Crippen LogP contribution is -2.33. The molecule has 2 atom stereocenters. The van der Waals surface area contributed by atoms with Crippen molar-refractivity contribution in [3.8, 4) is 11.5 Å². The van der Waals surface area contributed by atoms with E-state index < -0.39 is 0 Å². The first-order valence-electron chi connectivity index (χ1n) is 11.1. The van der Waals surface area contributed by atoms with Crippen LogP contribution in [0.15, 0.2) is 35.2 Å². The molecule has 0 saturated carbocycles. The molecular formula is C24H34Cl4N2O2S. The molecule has 2 aromatic rings. The molecule has 0 fully saturated rings. The molecule has 1 aliphatic carbocycles. The number of nitrogens with one attached hydrogen (secondary N) is 1. The highest BCUT2D eigenvalue weighted by Crippen LogP contribution is 2.42. The second kappa shape index (κ2) is 15.5. The topological polar surface area (TPSA) is 78.5 Å². The van der Waals surface area contributed by atoms with Crippen LogP contribution in [-0.4, -0.2) is 35.1 Å². The van der Waals surface area contributed by atoms with E-state index in [0.717, 1.165) is 67.0 Å². The van der Waals surface area contributed by atoms with E-state index in [2.05, 4.69) is 5.32 Å².